The molecule has 0 radical (unpaired) electrons. The molecule has 0 saturated carbocycles. The van der Waals surface area contributed by atoms with Gasteiger partial charge >= 0.3 is 12.1 Å². The van der Waals surface area contributed by atoms with Crippen molar-refractivity contribution in [2.24, 2.45) is 0 Å². The van der Waals surface area contributed by atoms with E-state index in [1.165, 1.54) is 0 Å². The highest BCUT2D eigenvalue weighted by Gasteiger charge is 2.32. The Balaban J connectivity index is 2.98. The molecule has 1 amide bonds. The summed E-state index contributed by atoms with van der Waals surface area (Å²) in [5.41, 5.74) is -1.32. The van der Waals surface area contributed by atoms with E-state index >= 15 is 0 Å². The third-order valence-corrected chi connectivity index (χ3v) is 3.26. The third kappa shape index (κ3) is 5.22. The first kappa shape index (κ1) is 18.3. The second kappa shape index (κ2) is 7.49. The van der Waals surface area contributed by atoms with E-state index in [0.717, 1.165) is 12.1 Å². The van der Waals surface area contributed by atoms with Crippen molar-refractivity contribution in [3.05, 3.63) is 34.3 Å². The number of rotatable bonds is 6. The fourth-order valence-corrected chi connectivity index (χ4v) is 2.13. The number of carbonyl (C=O) groups excluding carboxylic acids is 1. The lowest BCUT2D eigenvalue weighted by atomic mass is 10.1. The van der Waals surface area contributed by atoms with Gasteiger partial charge in [0.2, 0.25) is 0 Å². The first-order chi connectivity index (χ1) is 10.1. The van der Waals surface area contributed by atoms with Crippen molar-refractivity contribution in [3.63, 3.8) is 0 Å². The minimum atomic E-state index is -4.59. The summed E-state index contributed by atoms with van der Waals surface area (Å²) in [7, 11) is 0. The maximum atomic E-state index is 12.7. The predicted molar refractivity (Wildman–Crippen MR) is 74.9 cm³/mol. The number of carbonyl (C=O) groups is 2. The van der Waals surface area contributed by atoms with Gasteiger partial charge in [0, 0.05) is 6.04 Å². The molecular formula is C14H15ClF3NO3. The van der Waals surface area contributed by atoms with Crippen LogP contribution in [-0.2, 0) is 11.0 Å². The van der Waals surface area contributed by atoms with Gasteiger partial charge in [0.15, 0.2) is 0 Å². The zero-order chi connectivity index (χ0) is 16.9. The number of alkyl halides is 3. The Bertz CT molecular complexity index is 561. The van der Waals surface area contributed by atoms with Crippen LogP contribution in [0.4, 0.5) is 13.2 Å². The maximum absolute atomic E-state index is 12.7. The second-order valence-corrected chi connectivity index (χ2v) is 5.16. The summed E-state index contributed by atoms with van der Waals surface area (Å²) < 4.78 is 38.0. The van der Waals surface area contributed by atoms with E-state index in [-0.39, 0.29) is 17.0 Å². The largest absolute Gasteiger partial charge is 0.481 e. The molecule has 0 heterocycles. The van der Waals surface area contributed by atoms with Crippen molar-refractivity contribution in [1.82, 2.24) is 5.32 Å². The molecule has 1 rings (SSSR count). The van der Waals surface area contributed by atoms with Crippen LogP contribution < -0.4 is 5.32 Å². The SMILES string of the molecule is CCC[C@@H](CC(=O)O)NC(=O)c1cc(C(F)(F)F)ccc1Cl. The van der Waals surface area contributed by atoms with E-state index in [9.17, 15) is 22.8 Å². The van der Waals surface area contributed by atoms with Crippen LogP contribution in [-0.4, -0.2) is 23.0 Å². The van der Waals surface area contributed by atoms with E-state index < -0.39 is 29.7 Å². The minimum Gasteiger partial charge on any atom is -0.481 e. The van der Waals surface area contributed by atoms with Gasteiger partial charge in [-0.15, -0.1) is 0 Å². The topological polar surface area (TPSA) is 66.4 Å². The van der Waals surface area contributed by atoms with Crippen molar-refractivity contribution < 1.29 is 27.9 Å². The molecule has 0 spiro atoms. The highest BCUT2D eigenvalue weighted by Crippen LogP contribution is 2.31. The Morgan fingerprint density at radius 2 is 2.00 bits per heavy atom. The molecule has 2 N–H and O–H groups in total. The van der Waals surface area contributed by atoms with Gasteiger partial charge in [0.1, 0.15) is 0 Å². The van der Waals surface area contributed by atoms with Gasteiger partial charge in [-0.2, -0.15) is 13.2 Å². The number of carboxylic acid groups (broad SMARTS) is 1. The van der Waals surface area contributed by atoms with Gasteiger partial charge in [0.05, 0.1) is 22.6 Å². The van der Waals surface area contributed by atoms with Crippen molar-refractivity contribution in [1.29, 1.82) is 0 Å². The second-order valence-electron chi connectivity index (χ2n) is 4.75. The quantitative estimate of drug-likeness (QED) is 0.831. The van der Waals surface area contributed by atoms with Gasteiger partial charge in [-0.1, -0.05) is 24.9 Å². The molecule has 122 valence electrons. The number of hydrogen-bond acceptors (Lipinski definition) is 2. The van der Waals surface area contributed by atoms with Crippen LogP contribution in [0.15, 0.2) is 18.2 Å². The lowest BCUT2D eigenvalue weighted by Crippen LogP contribution is -2.36. The monoisotopic (exact) mass is 337 g/mol. The smallest absolute Gasteiger partial charge is 0.416 e. The van der Waals surface area contributed by atoms with Crippen molar-refractivity contribution in [3.8, 4) is 0 Å². The Morgan fingerprint density at radius 1 is 1.36 bits per heavy atom. The maximum Gasteiger partial charge on any atom is 0.416 e. The first-order valence-corrected chi connectivity index (χ1v) is 6.92. The van der Waals surface area contributed by atoms with E-state index in [1.807, 2.05) is 0 Å². The average Bonchev–Trinajstić information content (AvgIpc) is 2.37. The van der Waals surface area contributed by atoms with Crippen LogP contribution in [0.25, 0.3) is 0 Å². The molecule has 1 atom stereocenters. The summed E-state index contributed by atoms with van der Waals surface area (Å²) in [5, 5.41) is 11.1. The number of halogens is 4. The Kier molecular flexibility index (Phi) is 6.22. The lowest BCUT2D eigenvalue weighted by Gasteiger charge is -2.17. The first-order valence-electron chi connectivity index (χ1n) is 6.54. The van der Waals surface area contributed by atoms with Gasteiger partial charge in [-0.25, -0.2) is 0 Å². The Morgan fingerprint density at radius 3 is 2.50 bits per heavy atom. The summed E-state index contributed by atoms with van der Waals surface area (Å²) in [6.07, 6.45) is -3.89. The van der Waals surface area contributed by atoms with Crippen molar-refractivity contribution in [2.45, 2.75) is 38.4 Å². The molecule has 0 saturated heterocycles. The molecule has 0 aromatic heterocycles. The standard InChI is InChI=1S/C14H15ClF3NO3/c1-2-3-9(7-12(20)21)19-13(22)10-6-8(14(16,17)18)4-5-11(10)15/h4-6,9H,2-3,7H2,1H3,(H,19,22)(H,20,21)/t9-/m0/s1. The van der Waals surface area contributed by atoms with E-state index in [1.54, 1.807) is 6.92 Å². The van der Waals surface area contributed by atoms with Crippen LogP contribution in [0.5, 0.6) is 0 Å². The van der Waals surface area contributed by atoms with E-state index in [2.05, 4.69) is 5.32 Å². The molecular weight excluding hydrogens is 323 g/mol. The molecule has 0 bridgehead atoms. The minimum absolute atomic E-state index is 0.129. The molecule has 1 aromatic rings. The van der Waals surface area contributed by atoms with Crippen molar-refractivity contribution in [2.75, 3.05) is 0 Å². The zero-order valence-electron chi connectivity index (χ0n) is 11.7. The molecule has 22 heavy (non-hydrogen) atoms. The fraction of sp³-hybridized carbons (Fsp3) is 0.429. The summed E-state index contributed by atoms with van der Waals surface area (Å²) in [5.74, 6) is -1.93. The average molecular weight is 338 g/mol. The Hall–Kier alpha value is -1.76. The van der Waals surface area contributed by atoms with Crippen LogP contribution in [0, 0.1) is 0 Å². The molecule has 1 aromatic carbocycles. The predicted octanol–water partition coefficient (Wildman–Crippen LogP) is 3.73. The number of hydrogen-bond donors (Lipinski definition) is 2. The summed E-state index contributed by atoms with van der Waals surface area (Å²) in [6, 6.07) is 1.76. The van der Waals surface area contributed by atoms with Gasteiger partial charge in [-0.3, -0.25) is 9.59 Å². The van der Waals surface area contributed by atoms with Gasteiger partial charge in [-0.05, 0) is 24.6 Å². The number of benzene rings is 1. The highest BCUT2D eigenvalue weighted by atomic mass is 35.5. The molecule has 0 fully saturated rings. The van der Waals surface area contributed by atoms with Gasteiger partial charge < -0.3 is 10.4 Å². The normalized spacial score (nSPS) is 12.8. The molecule has 0 aliphatic carbocycles. The van der Waals surface area contributed by atoms with Crippen molar-refractivity contribution >= 4 is 23.5 Å². The fourth-order valence-electron chi connectivity index (χ4n) is 1.92. The molecule has 8 heteroatoms. The molecule has 0 aliphatic rings. The number of aliphatic carboxylic acids is 1. The van der Waals surface area contributed by atoms with E-state index in [0.29, 0.717) is 18.9 Å². The Labute approximate surface area is 130 Å². The summed E-state index contributed by atoms with van der Waals surface area (Å²) in [6.45, 7) is 1.80. The number of carboxylic acids is 1. The van der Waals surface area contributed by atoms with Gasteiger partial charge in [0.25, 0.3) is 5.91 Å². The van der Waals surface area contributed by atoms with Crippen LogP contribution in [0.3, 0.4) is 0 Å². The zero-order valence-corrected chi connectivity index (χ0v) is 12.5. The number of nitrogens with one attached hydrogen (secondary N) is 1. The summed E-state index contributed by atoms with van der Waals surface area (Å²) in [4.78, 5) is 22.8. The lowest BCUT2D eigenvalue weighted by molar-refractivity contribution is -0.138. The summed E-state index contributed by atoms with van der Waals surface area (Å²) >= 11 is 5.76. The number of amides is 1. The molecule has 0 aliphatic heterocycles. The van der Waals surface area contributed by atoms with Crippen LogP contribution in [0.1, 0.15) is 42.1 Å². The molecule has 4 nitrogen and oxygen atoms in total. The highest BCUT2D eigenvalue weighted by molar-refractivity contribution is 6.33. The van der Waals surface area contributed by atoms with Crippen LogP contribution >= 0.6 is 11.6 Å². The molecule has 0 unspecified atom stereocenters. The van der Waals surface area contributed by atoms with E-state index in [4.69, 9.17) is 16.7 Å². The van der Waals surface area contributed by atoms with Crippen LogP contribution in [0.2, 0.25) is 5.02 Å². The third-order valence-electron chi connectivity index (χ3n) is 2.93.